The largest absolute Gasteiger partial charge is 0.476 e. The summed E-state index contributed by atoms with van der Waals surface area (Å²) >= 11 is 1.21. The van der Waals surface area contributed by atoms with Crippen LogP contribution in [-0.2, 0) is 16.6 Å². The quantitative estimate of drug-likeness (QED) is 0.824. The van der Waals surface area contributed by atoms with Gasteiger partial charge in [-0.3, -0.25) is 4.79 Å². The molecule has 1 aromatic heterocycles. The number of aromatic nitrogens is 1. The van der Waals surface area contributed by atoms with Gasteiger partial charge in [0.25, 0.3) is 0 Å². The van der Waals surface area contributed by atoms with Crippen molar-refractivity contribution < 1.29 is 23.5 Å². The predicted molar refractivity (Wildman–Crippen MR) is 87.7 cm³/mol. The van der Waals surface area contributed by atoms with Gasteiger partial charge in [0.2, 0.25) is 5.91 Å². The van der Waals surface area contributed by atoms with Crippen molar-refractivity contribution in [3.8, 4) is 0 Å². The van der Waals surface area contributed by atoms with Crippen LogP contribution in [0.2, 0.25) is 0 Å². The van der Waals surface area contributed by atoms with Crippen molar-refractivity contribution in [2.24, 2.45) is 0 Å². The first kappa shape index (κ1) is 17.5. The summed E-state index contributed by atoms with van der Waals surface area (Å²) in [5.41, 5.74) is -0.748. The van der Waals surface area contributed by atoms with Crippen LogP contribution in [0.4, 0.5) is 8.78 Å². The molecular formula is C17H16F2N2O3S. The van der Waals surface area contributed by atoms with Crippen LogP contribution >= 0.6 is 11.3 Å². The standard InChI is InChI=1S/C17H16F2N2O3S/c18-10-2-3-11(12(19)8-10)17(5-1-6-17)16(24)20-7-4-14-21-13(9-25-14)15(22)23/h2-3,8-9H,1,4-7H2,(H,20,24)(H,22,23). The lowest BCUT2D eigenvalue weighted by atomic mass is 9.63. The van der Waals surface area contributed by atoms with Gasteiger partial charge in [0.15, 0.2) is 5.69 Å². The van der Waals surface area contributed by atoms with E-state index < -0.39 is 23.0 Å². The second-order valence-electron chi connectivity index (χ2n) is 6.00. The van der Waals surface area contributed by atoms with Gasteiger partial charge in [0.1, 0.15) is 11.6 Å². The van der Waals surface area contributed by atoms with Crippen molar-refractivity contribution in [1.82, 2.24) is 10.3 Å². The molecule has 0 bridgehead atoms. The second-order valence-corrected chi connectivity index (χ2v) is 6.94. The highest BCUT2D eigenvalue weighted by Crippen LogP contribution is 2.45. The Hall–Kier alpha value is -2.35. The molecule has 0 unspecified atom stereocenters. The SMILES string of the molecule is O=C(O)c1csc(CCNC(=O)C2(c3ccc(F)cc3F)CCC2)n1. The van der Waals surface area contributed by atoms with Crippen LogP contribution < -0.4 is 5.32 Å². The van der Waals surface area contributed by atoms with Gasteiger partial charge in [-0.05, 0) is 18.9 Å². The number of carbonyl (C=O) groups is 2. The zero-order valence-corrected chi connectivity index (χ0v) is 14.0. The summed E-state index contributed by atoms with van der Waals surface area (Å²) in [6.07, 6.45) is 2.23. The zero-order chi connectivity index (χ0) is 18.0. The lowest BCUT2D eigenvalue weighted by Crippen LogP contribution is -2.50. The molecular weight excluding hydrogens is 350 g/mol. The fourth-order valence-electron chi connectivity index (χ4n) is 3.00. The summed E-state index contributed by atoms with van der Waals surface area (Å²) < 4.78 is 27.2. The Morgan fingerprint density at radius 3 is 2.64 bits per heavy atom. The number of nitrogens with one attached hydrogen (secondary N) is 1. The van der Waals surface area contributed by atoms with Crippen LogP contribution in [0.25, 0.3) is 0 Å². The normalized spacial score (nSPS) is 15.4. The number of rotatable bonds is 6. The van der Waals surface area contributed by atoms with Crippen LogP contribution in [0.1, 0.15) is 40.3 Å². The smallest absolute Gasteiger partial charge is 0.355 e. The summed E-state index contributed by atoms with van der Waals surface area (Å²) in [6, 6.07) is 3.30. The first-order chi connectivity index (χ1) is 11.9. The minimum Gasteiger partial charge on any atom is -0.476 e. The number of aromatic carboxylic acids is 1. The Kier molecular flexibility index (Phi) is 4.80. The van der Waals surface area contributed by atoms with Gasteiger partial charge >= 0.3 is 5.97 Å². The monoisotopic (exact) mass is 366 g/mol. The van der Waals surface area contributed by atoms with Crippen LogP contribution in [0.15, 0.2) is 23.6 Å². The molecule has 1 amide bonds. The minimum absolute atomic E-state index is 0.0184. The van der Waals surface area contributed by atoms with Gasteiger partial charge < -0.3 is 10.4 Å². The third-order valence-electron chi connectivity index (χ3n) is 4.48. The molecule has 5 nitrogen and oxygen atoms in total. The number of carboxylic acids is 1. The van der Waals surface area contributed by atoms with E-state index in [-0.39, 0.29) is 23.7 Å². The fraction of sp³-hybridized carbons (Fsp3) is 0.353. The van der Waals surface area contributed by atoms with E-state index in [1.165, 1.54) is 22.8 Å². The molecule has 0 radical (unpaired) electrons. The maximum atomic E-state index is 14.1. The molecule has 1 heterocycles. The van der Waals surface area contributed by atoms with Crippen molar-refractivity contribution in [3.63, 3.8) is 0 Å². The third kappa shape index (κ3) is 3.39. The fourth-order valence-corrected chi connectivity index (χ4v) is 3.77. The third-order valence-corrected chi connectivity index (χ3v) is 5.39. The van der Waals surface area contributed by atoms with Crippen molar-refractivity contribution in [2.75, 3.05) is 6.54 Å². The molecule has 1 fully saturated rings. The number of nitrogens with zero attached hydrogens (tertiary/aromatic N) is 1. The van der Waals surface area contributed by atoms with E-state index in [0.717, 1.165) is 18.6 Å². The highest BCUT2D eigenvalue weighted by atomic mass is 32.1. The second kappa shape index (κ2) is 6.87. The first-order valence-corrected chi connectivity index (χ1v) is 8.72. The summed E-state index contributed by atoms with van der Waals surface area (Å²) in [4.78, 5) is 27.4. The predicted octanol–water partition coefficient (Wildman–Crippen LogP) is 2.90. The van der Waals surface area contributed by atoms with Crippen LogP contribution in [0, 0.1) is 11.6 Å². The molecule has 1 saturated carbocycles. The molecule has 1 aliphatic carbocycles. The lowest BCUT2D eigenvalue weighted by molar-refractivity contribution is -0.130. The molecule has 0 atom stereocenters. The van der Waals surface area contributed by atoms with E-state index in [9.17, 15) is 18.4 Å². The van der Waals surface area contributed by atoms with E-state index in [1.54, 1.807) is 0 Å². The summed E-state index contributed by atoms with van der Waals surface area (Å²) in [7, 11) is 0. The van der Waals surface area contributed by atoms with Gasteiger partial charge in [-0.2, -0.15) is 0 Å². The van der Waals surface area contributed by atoms with Crippen LogP contribution in [0.5, 0.6) is 0 Å². The Balaban J connectivity index is 1.65. The Morgan fingerprint density at radius 2 is 2.08 bits per heavy atom. The van der Waals surface area contributed by atoms with E-state index in [1.807, 2.05) is 0 Å². The van der Waals surface area contributed by atoms with E-state index >= 15 is 0 Å². The highest BCUT2D eigenvalue weighted by molar-refractivity contribution is 7.09. The molecule has 0 aliphatic heterocycles. The molecule has 2 N–H and O–H groups in total. The number of benzene rings is 1. The molecule has 3 rings (SSSR count). The first-order valence-electron chi connectivity index (χ1n) is 7.84. The van der Waals surface area contributed by atoms with Crippen LogP contribution in [0.3, 0.4) is 0 Å². The average Bonchev–Trinajstić information content (AvgIpc) is 2.97. The van der Waals surface area contributed by atoms with Crippen molar-refractivity contribution in [1.29, 1.82) is 0 Å². The van der Waals surface area contributed by atoms with Crippen molar-refractivity contribution >= 4 is 23.2 Å². The maximum absolute atomic E-state index is 14.1. The highest BCUT2D eigenvalue weighted by Gasteiger charge is 2.47. The Morgan fingerprint density at radius 1 is 1.32 bits per heavy atom. The van der Waals surface area contributed by atoms with Gasteiger partial charge in [0, 0.05) is 30.0 Å². The maximum Gasteiger partial charge on any atom is 0.355 e. The van der Waals surface area contributed by atoms with Crippen LogP contribution in [-0.4, -0.2) is 28.5 Å². The van der Waals surface area contributed by atoms with Gasteiger partial charge in [0.05, 0.1) is 10.4 Å². The van der Waals surface area contributed by atoms with Crippen molar-refractivity contribution in [3.05, 3.63) is 51.5 Å². The number of carbonyl (C=O) groups excluding carboxylic acids is 1. The molecule has 0 spiro atoms. The van der Waals surface area contributed by atoms with E-state index in [0.29, 0.717) is 24.3 Å². The van der Waals surface area contributed by atoms with Crippen molar-refractivity contribution in [2.45, 2.75) is 31.1 Å². The molecule has 0 saturated heterocycles. The summed E-state index contributed by atoms with van der Waals surface area (Å²) in [6.45, 7) is 0.274. The molecule has 132 valence electrons. The Bertz CT molecular complexity index is 818. The lowest BCUT2D eigenvalue weighted by Gasteiger charge is -2.40. The number of halogens is 2. The van der Waals surface area contributed by atoms with Gasteiger partial charge in [-0.1, -0.05) is 12.5 Å². The molecule has 2 aromatic rings. The number of amides is 1. The topological polar surface area (TPSA) is 79.3 Å². The number of hydrogen-bond acceptors (Lipinski definition) is 4. The Labute approximate surface area is 146 Å². The van der Waals surface area contributed by atoms with E-state index in [2.05, 4.69) is 10.3 Å². The molecule has 1 aliphatic rings. The summed E-state index contributed by atoms with van der Waals surface area (Å²) in [5.74, 6) is -2.76. The number of thiazole rings is 1. The number of carboxylic acid groups (broad SMARTS) is 1. The summed E-state index contributed by atoms with van der Waals surface area (Å²) in [5, 5.41) is 13.7. The average molecular weight is 366 g/mol. The van der Waals surface area contributed by atoms with Gasteiger partial charge in [-0.25, -0.2) is 18.6 Å². The molecule has 1 aromatic carbocycles. The van der Waals surface area contributed by atoms with E-state index in [4.69, 9.17) is 5.11 Å². The molecule has 8 heteroatoms. The minimum atomic E-state index is -1.09. The molecule has 25 heavy (non-hydrogen) atoms. The zero-order valence-electron chi connectivity index (χ0n) is 13.2. The van der Waals surface area contributed by atoms with Gasteiger partial charge in [-0.15, -0.1) is 11.3 Å². The number of hydrogen-bond donors (Lipinski definition) is 2.